The Bertz CT molecular complexity index is 750. The highest BCUT2D eigenvalue weighted by Crippen LogP contribution is 2.19. The van der Waals surface area contributed by atoms with Gasteiger partial charge in [0.1, 0.15) is 11.6 Å². The van der Waals surface area contributed by atoms with Crippen molar-refractivity contribution in [3.8, 4) is 5.75 Å². The first-order chi connectivity index (χ1) is 11.6. The van der Waals surface area contributed by atoms with Crippen LogP contribution < -0.4 is 10.3 Å². The topological polar surface area (TPSA) is 58.2 Å². The number of benzene rings is 1. The number of hydrogen-bond acceptors (Lipinski definition) is 4. The molecule has 3 rings (SSSR count). The average molecular weight is 327 g/mol. The van der Waals surface area contributed by atoms with Crippen molar-refractivity contribution >= 4 is 0 Å². The third-order valence-corrected chi connectivity index (χ3v) is 4.35. The lowest BCUT2D eigenvalue weighted by atomic mass is 10.0. The number of H-pyrrole nitrogens is 1. The van der Waals surface area contributed by atoms with Gasteiger partial charge in [-0.1, -0.05) is 26.0 Å². The summed E-state index contributed by atoms with van der Waals surface area (Å²) < 4.78 is 5.48. The Hall–Kier alpha value is -2.14. The Morgan fingerprint density at radius 3 is 2.71 bits per heavy atom. The molecule has 0 saturated heterocycles. The number of fused-ring (bicyclic) bond motifs is 1. The van der Waals surface area contributed by atoms with Crippen LogP contribution in [0.3, 0.4) is 0 Å². The lowest BCUT2D eigenvalue weighted by molar-refractivity contribution is 0.241. The van der Waals surface area contributed by atoms with Gasteiger partial charge < -0.3 is 9.72 Å². The smallest absolute Gasteiger partial charge is 0.255 e. The van der Waals surface area contributed by atoms with Crippen LogP contribution in [0.5, 0.6) is 5.75 Å². The molecule has 2 heterocycles. The Labute approximate surface area is 142 Å². The highest BCUT2D eigenvalue weighted by atomic mass is 16.5. The summed E-state index contributed by atoms with van der Waals surface area (Å²) in [4.78, 5) is 22.2. The molecule has 5 nitrogen and oxygen atoms in total. The van der Waals surface area contributed by atoms with E-state index in [-0.39, 0.29) is 11.5 Å². The minimum Gasteiger partial charge on any atom is -0.494 e. The molecular weight excluding hydrogens is 302 g/mol. The number of aromatic nitrogens is 2. The maximum absolute atomic E-state index is 12.4. The third kappa shape index (κ3) is 3.67. The molecule has 0 fully saturated rings. The van der Waals surface area contributed by atoms with E-state index in [1.807, 2.05) is 32.9 Å². The molecule has 0 atom stereocenters. The van der Waals surface area contributed by atoms with Gasteiger partial charge in [0.15, 0.2) is 0 Å². The number of nitrogens with zero attached hydrogens (tertiary/aromatic N) is 2. The Kier molecular flexibility index (Phi) is 5.00. The Morgan fingerprint density at radius 1 is 1.29 bits per heavy atom. The fraction of sp³-hybridized carbons (Fsp3) is 0.474. The molecule has 0 aliphatic carbocycles. The maximum atomic E-state index is 12.4. The van der Waals surface area contributed by atoms with Gasteiger partial charge in [-0.3, -0.25) is 9.69 Å². The number of ether oxygens (including phenoxy) is 1. The predicted octanol–water partition coefficient (Wildman–Crippen LogP) is 2.85. The van der Waals surface area contributed by atoms with Crippen molar-refractivity contribution in [1.82, 2.24) is 14.9 Å². The molecule has 0 spiro atoms. The zero-order valence-corrected chi connectivity index (χ0v) is 14.6. The molecule has 1 aromatic carbocycles. The fourth-order valence-electron chi connectivity index (χ4n) is 3.02. The summed E-state index contributed by atoms with van der Waals surface area (Å²) in [5.41, 5.74) is 3.02. The molecule has 1 aliphatic rings. The SMILES string of the molecule is CCOc1ccc(CN2CCc3nc(C(C)C)[nH]c(=O)c3C2)cc1. The summed E-state index contributed by atoms with van der Waals surface area (Å²) in [7, 11) is 0. The van der Waals surface area contributed by atoms with Crippen LogP contribution in [0.1, 0.15) is 49.3 Å². The minimum atomic E-state index is 0.0140. The summed E-state index contributed by atoms with van der Waals surface area (Å²) >= 11 is 0. The van der Waals surface area contributed by atoms with Crippen molar-refractivity contribution in [2.45, 2.75) is 46.2 Å². The number of nitrogens with one attached hydrogen (secondary N) is 1. The molecule has 1 aromatic heterocycles. The molecule has 2 aromatic rings. The summed E-state index contributed by atoms with van der Waals surface area (Å²) in [6, 6.07) is 8.18. The molecule has 128 valence electrons. The second kappa shape index (κ2) is 7.18. The highest BCUT2D eigenvalue weighted by Gasteiger charge is 2.21. The normalized spacial score (nSPS) is 14.7. The first kappa shape index (κ1) is 16.7. The van der Waals surface area contributed by atoms with Crippen LogP contribution in [-0.2, 0) is 19.5 Å². The van der Waals surface area contributed by atoms with Crippen LogP contribution in [0, 0.1) is 0 Å². The zero-order chi connectivity index (χ0) is 17.1. The molecule has 1 N–H and O–H groups in total. The van der Waals surface area contributed by atoms with E-state index in [2.05, 4.69) is 27.0 Å². The van der Waals surface area contributed by atoms with Crippen molar-refractivity contribution in [1.29, 1.82) is 0 Å². The van der Waals surface area contributed by atoms with E-state index in [1.165, 1.54) is 5.56 Å². The summed E-state index contributed by atoms with van der Waals surface area (Å²) in [5.74, 6) is 1.93. The molecule has 0 saturated carbocycles. The van der Waals surface area contributed by atoms with E-state index >= 15 is 0 Å². The van der Waals surface area contributed by atoms with Crippen molar-refractivity contribution in [2.24, 2.45) is 0 Å². The molecule has 24 heavy (non-hydrogen) atoms. The van der Waals surface area contributed by atoms with Crippen molar-refractivity contribution < 1.29 is 4.74 Å². The average Bonchev–Trinajstić information content (AvgIpc) is 2.57. The standard InChI is InChI=1S/C19H25N3O2/c1-4-24-15-7-5-14(6-8-15)11-22-10-9-17-16(12-22)19(23)21-18(20-17)13(2)3/h5-8,13H,4,9-12H2,1-3H3,(H,20,21,23). The van der Waals surface area contributed by atoms with Crippen LogP contribution in [0.25, 0.3) is 0 Å². The van der Waals surface area contributed by atoms with Gasteiger partial charge in [0.25, 0.3) is 5.56 Å². The molecule has 1 aliphatic heterocycles. The van der Waals surface area contributed by atoms with E-state index in [4.69, 9.17) is 4.74 Å². The molecule has 0 amide bonds. The van der Waals surface area contributed by atoms with E-state index in [1.54, 1.807) is 0 Å². The largest absolute Gasteiger partial charge is 0.494 e. The van der Waals surface area contributed by atoms with Crippen LogP contribution in [0.2, 0.25) is 0 Å². The van der Waals surface area contributed by atoms with Crippen LogP contribution in [0.4, 0.5) is 0 Å². The lowest BCUT2D eigenvalue weighted by Crippen LogP contribution is -2.35. The van der Waals surface area contributed by atoms with Gasteiger partial charge in [-0.05, 0) is 24.6 Å². The van der Waals surface area contributed by atoms with Gasteiger partial charge in [0.05, 0.1) is 17.9 Å². The monoisotopic (exact) mass is 327 g/mol. The summed E-state index contributed by atoms with van der Waals surface area (Å²) in [5, 5.41) is 0. The van der Waals surface area contributed by atoms with E-state index < -0.39 is 0 Å². The number of rotatable bonds is 5. The van der Waals surface area contributed by atoms with Gasteiger partial charge in [0.2, 0.25) is 0 Å². The van der Waals surface area contributed by atoms with Crippen molar-refractivity contribution in [2.75, 3.05) is 13.2 Å². The van der Waals surface area contributed by atoms with Crippen LogP contribution in [-0.4, -0.2) is 28.0 Å². The van der Waals surface area contributed by atoms with Gasteiger partial charge >= 0.3 is 0 Å². The minimum absolute atomic E-state index is 0.0140. The highest BCUT2D eigenvalue weighted by molar-refractivity contribution is 5.28. The molecule has 0 radical (unpaired) electrons. The Balaban J connectivity index is 1.72. The molecule has 5 heteroatoms. The molecule has 0 bridgehead atoms. The van der Waals surface area contributed by atoms with E-state index in [0.29, 0.717) is 13.2 Å². The third-order valence-electron chi connectivity index (χ3n) is 4.35. The predicted molar refractivity (Wildman–Crippen MR) is 94.4 cm³/mol. The van der Waals surface area contributed by atoms with Crippen molar-refractivity contribution in [3.63, 3.8) is 0 Å². The zero-order valence-electron chi connectivity index (χ0n) is 14.6. The summed E-state index contributed by atoms with van der Waals surface area (Å²) in [6.07, 6.45) is 0.829. The van der Waals surface area contributed by atoms with Gasteiger partial charge in [-0.25, -0.2) is 4.98 Å². The number of hydrogen-bond donors (Lipinski definition) is 1. The van der Waals surface area contributed by atoms with Gasteiger partial charge in [-0.2, -0.15) is 0 Å². The fourth-order valence-corrected chi connectivity index (χ4v) is 3.02. The van der Waals surface area contributed by atoms with Crippen LogP contribution in [0.15, 0.2) is 29.1 Å². The number of aromatic amines is 1. The van der Waals surface area contributed by atoms with E-state index in [0.717, 1.165) is 42.3 Å². The quantitative estimate of drug-likeness (QED) is 0.917. The van der Waals surface area contributed by atoms with Gasteiger partial charge in [0, 0.05) is 32.0 Å². The van der Waals surface area contributed by atoms with Crippen molar-refractivity contribution in [3.05, 3.63) is 57.3 Å². The second-order valence-electron chi connectivity index (χ2n) is 6.57. The maximum Gasteiger partial charge on any atom is 0.255 e. The van der Waals surface area contributed by atoms with Gasteiger partial charge in [-0.15, -0.1) is 0 Å². The second-order valence-corrected chi connectivity index (χ2v) is 6.57. The first-order valence-corrected chi connectivity index (χ1v) is 8.63. The van der Waals surface area contributed by atoms with Crippen LogP contribution >= 0.6 is 0 Å². The molecular formula is C19H25N3O2. The summed E-state index contributed by atoms with van der Waals surface area (Å²) in [6.45, 7) is 9.16. The Morgan fingerprint density at radius 2 is 2.04 bits per heavy atom. The first-order valence-electron chi connectivity index (χ1n) is 8.63. The van der Waals surface area contributed by atoms with E-state index in [9.17, 15) is 4.79 Å². The molecule has 0 unspecified atom stereocenters. The lowest BCUT2D eigenvalue weighted by Gasteiger charge is -2.28.